The number of carbonyl (C=O) groups is 2. The van der Waals surface area contributed by atoms with E-state index in [9.17, 15) is 9.59 Å². The van der Waals surface area contributed by atoms with Gasteiger partial charge < -0.3 is 10.5 Å². The van der Waals surface area contributed by atoms with Crippen molar-refractivity contribution < 1.29 is 14.3 Å². The first kappa shape index (κ1) is 10.5. The summed E-state index contributed by atoms with van der Waals surface area (Å²) in [6.45, 7) is 0.213. The van der Waals surface area contributed by atoms with Crippen LogP contribution in [-0.2, 0) is 9.59 Å². The molecule has 5 heteroatoms. The second-order valence-electron chi connectivity index (χ2n) is 3.51. The van der Waals surface area contributed by atoms with Gasteiger partial charge in [0.25, 0.3) is 0 Å². The highest BCUT2D eigenvalue weighted by Gasteiger charge is 2.23. The lowest BCUT2D eigenvalue weighted by Crippen LogP contribution is -2.38. The lowest BCUT2D eigenvalue weighted by atomic mass is 10.2. The van der Waals surface area contributed by atoms with Crippen LogP contribution in [0.4, 0.5) is 5.69 Å². The highest BCUT2D eigenvalue weighted by molar-refractivity contribution is 6.00. The summed E-state index contributed by atoms with van der Waals surface area (Å²) in [5.74, 6) is -0.0802. The third-order valence-electron chi connectivity index (χ3n) is 2.34. The van der Waals surface area contributed by atoms with E-state index in [1.807, 2.05) is 6.07 Å². The van der Waals surface area contributed by atoms with Gasteiger partial charge >= 0.3 is 0 Å². The van der Waals surface area contributed by atoms with Crippen molar-refractivity contribution in [2.45, 2.75) is 6.42 Å². The Hall–Kier alpha value is -2.04. The molecule has 2 N–H and O–H groups in total. The molecule has 0 radical (unpaired) electrons. The zero-order valence-electron chi connectivity index (χ0n) is 8.68. The fraction of sp³-hybridized carbons (Fsp3) is 0.273. The number of para-hydroxylation sites is 2. The van der Waals surface area contributed by atoms with Crippen LogP contribution in [-0.4, -0.2) is 25.0 Å². The average Bonchev–Trinajstić information content (AvgIpc) is 2.40. The second-order valence-corrected chi connectivity index (χ2v) is 3.51. The van der Waals surface area contributed by atoms with Gasteiger partial charge in [-0.25, -0.2) is 0 Å². The Morgan fingerprint density at radius 3 is 2.94 bits per heavy atom. The number of hydrogen-bond donors (Lipinski definition) is 1. The largest absolute Gasteiger partial charge is 0.491 e. The van der Waals surface area contributed by atoms with E-state index >= 15 is 0 Å². The van der Waals surface area contributed by atoms with E-state index in [0.717, 1.165) is 0 Å². The summed E-state index contributed by atoms with van der Waals surface area (Å²) in [6.07, 6.45) is 0.252. The minimum Gasteiger partial charge on any atom is -0.491 e. The first-order valence-corrected chi connectivity index (χ1v) is 4.99. The third-order valence-corrected chi connectivity index (χ3v) is 2.34. The average molecular weight is 220 g/mol. The number of benzene rings is 1. The SMILES string of the molecule is NC(=O)CN1C(=O)CCOc2ccccc21. The van der Waals surface area contributed by atoms with Crippen LogP contribution >= 0.6 is 0 Å². The molecule has 5 nitrogen and oxygen atoms in total. The number of fused-ring (bicyclic) bond motifs is 1. The van der Waals surface area contributed by atoms with Gasteiger partial charge in [0.1, 0.15) is 12.3 Å². The maximum atomic E-state index is 11.8. The molecule has 0 fully saturated rings. The van der Waals surface area contributed by atoms with Crippen LogP contribution < -0.4 is 15.4 Å². The van der Waals surface area contributed by atoms with Crippen molar-refractivity contribution in [1.82, 2.24) is 0 Å². The number of carbonyl (C=O) groups excluding carboxylic acids is 2. The number of nitrogens with zero attached hydrogens (tertiary/aromatic N) is 1. The second kappa shape index (κ2) is 4.22. The number of hydrogen-bond acceptors (Lipinski definition) is 3. The minimum absolute atomic E-state index is 0.112. The number of amides is 2. The van der Waals surface area contributed by atoms with Crippen molar-refractivity contribution in [3.8, 4) is 5.75 Å². The smallest absolute Gasteiger partial charge is 0.237 e. The Morgan fingerprint density at radius 1 is 1.44 bits per heavy atom. The predicted octanol–water partition coefficient (Wildman–Crippen LogP) is 0.287. The monoisotopic (exact) mass is 220 g/mol. The molecule has 1 aromatic rings. The molecule has 0 bridgehead atoms. The van der Waals surface area contributed by atoms with Gasteiger partial charge in [0.15, 0.2) is 0 Å². The lowest BCUT2D eigenvalue weighted by molar-refractivity contribution is -0.122. The molecule has 1 aliphatic rings. The zero-order chi connectivity index (χ0) is 11.5. The molecule has 1 aliphatic heterocycles. The Kier molecular flexibility index (Phi) is 2.76. The van der Waals surface area contributed by atoms with Gasteiger partial charge in [0.2, 0.25) is 11.8 Å². The van der Waals surface area contributed by atoms with Crippen molar-refractivity contribution in [3.63, 3.8) is 0 Å². The quantitative estimate of drug-likeness (QED) is 0.778. The zero-order valence-corrected chi connectivity index (χ0v) is 8.68. The third kappa shape index (κ3) is 1.98. The molecule has 0 saturated heterocycles. The van der Waals surface area contributed by atoms with Crippen LogP contribution in [0.5, 0.6) is 5.75 Å². The maximum Gasteiger partial charge on any atom is 0.237 e. The van der Waals surface area contributed by atoms with Crippen LogP contribution in [0.3, 0.4) is 0 Å². The molecule has 0 atom stereocenters. The highest BCUT2D eigenvalue weighted by Crippen LogP contribution is 2.30. The summed E-state index contributed by atoms with van der Waals surface area (Å²) in [7, 11) is 0. The van der Waals surface area contributed by atoms with E-state index in [2.05, 4.69) is 0 Å². The van der Waals surface area contributed by atoms with Crippen molar-refractivity contribution in [2.24, 2.45) is 5.73 Å². The number of nitrogens with two attached hydrogens (primary N) is 1. The molecule has 0 unspecified atom stereocenters. The summed E-state index contributed by atoms with van der Waals surface area (Å²) in [4.78, 5) is 24.0. The van der Waals surface area contributed by atoms with E-state index in [-0.39, 0.29) is 18.9 Å². The van der Waals surface area contributed by atoms with Crippen LogP contribution in [0.1, 0.15) is 6.42 Å². The van der Waals surface area contributed by atoms with Crippen LogP contribution in [0.15, 0.2) is 24.3 Å². The first-order chi connectivity index (χ1) is 7.68. The molecule has 2 rings (SSSR count). The molecular weight excluding hydrogens is 208 g/mol. The molecular formula is C11H12N2O3. The summed E-state index contributed by atoms with van der Waals surface area (Å²) in [5, 5.41) is 0. The van der Waals surface area contributed by atoms with Crippen molar-refractivity contribution in [1.29, 1.82) is 0 Å². The normalized spacial score (nSPS) is 15.0. The molecule has 16 heavy (non-hydrogen) atoms. The highest BCUT2D eigenvalue weighted by atomic mass is 16.5. The number of rotatable bonds is 2. The van der Waals surface area contributed by atoms with Crippen molar-refractivity contribution >= 4 is 17.5 Å². The molecule has 1 aromatic carbocycles. The van der Waals surface area contributed by atoms with Gasteiger partial charge in [-0.3, -0.25) is 14.5 Å². The van der Waals surface area contributed by atoms with Gasteiger partial charge in [-0.2, -0.15) is 0 Å². The molecule has 1 heterocycles. The lowest BCUT2D eigenvalue weighted by Gasteiger charge is -2.19. The van der Waals surface area contributed by atoms with Crippen molar-refractivity contribution in [3.05, 3.63) is 24.3 Å². The number of primary amides is 1. The van der Waals surface area contributed by atoms with E-state index < -0.39 is 5.91 Å². The molecule has 2 amide bonds. The Morgan fingerprint density at radius 2 is 2.19 bits per heavy atom. The fourth-order valence-electron chi connectivity index (χ4n) is 1.65. The molecule has 0 spiro atoms. The van der Waals surface area contributed by atoms with Gasteiger partial charge in [0.05, 0.1) is 18.7 Å². The molecule has 0 aliphatic carbocycles. The van der Waals surface area contributed by atoms with Crippen LogP contribution in [0.2, 0.25) is 0 Å². The predicted molar refractivity (Wildman–Crippen MR) is 58.1 cm³/mol. The summed E-state index contributed by atoms with van der Waals surface area (Å²) >= 11 is 0. The van der Waals surface area contributed by atoms with E-state index in [0.29, 0.717) is 18.0 Å². The standard InChI is InChI=1S/C11H12N2O3/c12-10(14)7-13-8-3-1-2-4-9(8)16-6-5-11(13)15/h1-4H,5-7H2,(H2,12,14). The van der Waals surface area contributed by atoms with E-state index in [4.69, 9.17) is 10.5 Å². The van der Waals surface area contributed by atoms with Gasteiger partial charge in [0, 0.05) is 0 Å². The minimum atomic E-state index is -0.537. The number of anilines is 1. The summed E-state index contributed by atoms with van der Waals surface area (Å²) in [6, 6.07) is 7.11. The van der Waals surface area contributed by atoms with E-state index in [1.54, 1.807) is 18.2 Å². The Labute approximate surface area is 92.8 Å². The Balaban J connectivity index is 2.39. The topological polar surface area (TPSA) is 72.6 Å². The maximum absolute atomic E-state index is 11.8. The molecule has 84 valence electrons. The van der Waals surface area contributed by atoms with Crippen molar-refractivity contribution in [2.75, 3.05) is 18.1 Å². The van der Waals surface area contributed by atoms with Crippen LogP contribution in [0, 0.1) is 0 Å². The van der Waals surface area contributed by atoms with Gasteiger partial charge in [-0.1, -0.05) is 12.1 Å². The summed E-state index contributed by atoms with van der Waals surface area (Å²) in [5.41, 5.74) is 5.72. The fourth-order valence-corrected chi connectivity index (χ4v) is 1.65. The number of ether oxygens (including phenoxy) is 1. The van der Waals surface area contributed by atoms with Gasteiger partial charge in [-0.05, 0) is 12.1 Å². The Bertz CT molecular complexity index is 431. The molecule has 0 aromatic heterocycles. The first-order valence-electron chi connectivity index (χ1n) is 4.99. The molecule has 0 saturated carbocycles. The van der Waals surface area contributed by atoms with E-state index in [1.165, 1.54) is 4.90 Å². The van der Waals surface area contributed by atoms with Gasteiger partial charge in [-0.15, -0.1) is 0 Å². The van der Waals surface area contributed by atoms with Crippen LogP contribution in [0.25, 0.3) is 0 Å². The summed E-state index contributed by atoms with van der Waals surface area (Å²) < 4.78 is 5.42.